The summed E-state index contributed by atoms with van der Waals surface area (Å²) >= 11 is 0. The summed E-state index contributed by atoms with van der Waals surface area (Å²) in [4.78, 5) is 18.1. The molecule has 1 N–H and O–H groups in total. The molecule has 1 aliphatic heterocycles. The number of carboxylic acids is 1. The Morgan fingerprint density at radius 3 is 2.77 bits per heavy atom. The van der Waals surface area contributed by atoms with E-state index in [9.17, 15) is 9.90 Å². The second-order valence-electron chi connectivity index (χ2n) is 8.90. The quantitative estimate of drug-likeness (QED) is 0.582. The monoisotopic (exact) mass is 412 g/mol. The first-order valence-corrected chi connectivity index (χ1v) is 11.2. The third kappa shape index (κ3) is 4.00. The molecule has 1 aliphatic carbocycles. The summed E-state index contributed by atoms with van der Waals surface area (Å²) < 4.78 is 0. The van der Waals surface area contributed by atoms with E-state index in [1.165, 1.54) is 40.7 Å². The van der Waals surface area contributed by atoms with Gasteiger partial charge in [-0.25, -0.2) is 4.79 Å². The third-order valence-corrected chi connectivity index (χ3v) is 6.88. The van der Waals surface area contributed by atoms with Gasteiger partial charge in [-0.15, -0.1) is 0 Å². The van der Waals surface area contributed by atoms with E-state index in [1.54, 1.807) is 18.5 Å². The van der Waals surface area contributed by atoms with Crippen LogP contribution in [0.25, 0.3) is 11.1 Å². The lowest BCUT2D eigenvalue weighted by Gasteiger charge is -2.35. The zero-order valence-electron chi connectivity index (χ0n) is 17.9. The van der Waals surface area contributed by atoms with Crippen LogP contribution in [0.5, 0.6) is 0 Å². The molecule has 5 rings (SSSR count). The van der Waals surface area contributed by atoms with Crippen molar-refractivity contribution < 1.29 is 9.90 Å². The number of nitrogens with zero attached hydrogens (tertiary/aromatic N) is 2. The topological polar surface area (TPSA) is 53.4 Å². The van der Waals surface area contributed by atoms with Crippen LogP contribution in [-0.4, -0.2) is 34.6 Å². The molecule has 0 spiro atoms. The molecule has 2 aromatic carbocycles. The van der Waals surface area contributed by atoms with E-state index in [-0.39, 0.29) is 0 Å². The summed E-state index contributed by atoms with van der Waals surface area (Å²) in [6.07, 6.45) is 8.50. The van der Waals surface area contributed by atoms with Crippen LogP contribution in [-0.2, 0) is 12.8 Å². The lowest BCUT2D eigenvalue weighted by molar-refractivity contribution is 0.0695. The number of likely N-dealkylation sites (N-methyl/N-ethyl adjacent to an activating group) is 1. The van der Waals surface area contributed by atoms with E-state index in [0.29, 0.717) is 18.0 Å². The molecule has 1 fully saturated rings. The first-order chi connectivity index (χ1) is 15.1. The molecular formula is C27H28N2O2. The molecule has 2 heterocycles. The van der Waals surface area contributed by atoms with Crippen LogP contribution in [0, 0.1) is 0 Å². The largest absolute Gasteiger partial charge is 0.478 e. The Labute approximate surface area is 183 Å². The van der Waals surface area contributed by atoms with E-state index in [2.05, 4.69) is 59.4 Å². The standard InChI is InChI=1S/C27H28N2O2/c1-29-15-13-20-16-19(23-5-3-2-4-22(23)18-6-7-18)8-10-24(20)26(29)11-9-21-17-28-14-12-25(21)27(30)31/h2-5,8,10,12,14,16-18,26H,6-7,9,11,13,15H2,1H3,(H,30,31)/t26-/m1/s1. The van der Waals surface area contributed by atoms with E-state index in [0.717, 1.165) is 30.9 Å². The van der Waals surface area contributed by atoms with Crippen molar-refractivity contribution in [3.05, 3.63) is 88.7 Å². The predicted octanol–water partition coefficient (Wildman–Crippen LogP) is 5.49. The number of aromatic carboxylic acids is 1. The van der Waals surface area contributed by atoms with Crippen LogP contribution in [0.1, 0.15) is 63.8 Å². The normalized spacial score (nSPS) is 18.5. The minimum atomic E-state index is -0.881. The molecule has 0 amide bonds. The van der Waals surface area contributed by atoms with Crippen LogP contribution in [0.2, 0.25) is 0 Å². The third-order valence-electron chi connectivity index (χ3n) is 6.88. The molecular weight excluding hydrogens is 384 g/mol. The van der Waals surface area contributed by atoms with Crippen LogP contribution in [0.3, 0.4) is 0 Å². The molecule has 158 valence electrons. The fourth-order valence-electron chi connectivity index (χ4n) is 5.02. The van der Waals surface area contributed by atoms with E-state index < -0.39 is 5.97 Å². The number of pyridine rings is 1. The van der Waals surface area contributed by atoms with Crippen LogP contribution >= 0.6 is 0 Å². The molecule has 0 unspecified atom stereocenters. The van der Waals surface area contributed by atoms with Gasteiger partial charge in [-0.05, 0) is 84.5 Å². The zero-order chi connectivity index (χ0) is 21.4. The number of benzene rings is 2. The highest BCUT2D eigenvalue weighted by atomic mass is 16.4. The number of hydrogen-bond donors (Lipinski definition) is 1. The summed E-state index contributed by atoms with van der Waals surface area (Å²) in [6.45, 7) is 1.02. The van der Waals surface area contributed by atoms with Crippen molar-refractivity contribution in [3.8, 4) is 11.1 Å². The first-order valence-electron chi connectivity index (χ1n) is 11.2. The fourth-order valence-corrected chi connectivity index (χ4v) is 5.02. The van der Waals surface area contributed by atoms with Gasteiger partial charge in [-0.3, -0.25) is 9.88 Å². The second kappa shape index (κ2) is 8.27. The van der Waals surface area contributed by atoms with Gasteiger partial charge in [0.05, 0.1) is 5.56 Å². The molecule has 1 saturated carbocycles. The summed E-state index contributed by atoms with van der Waals surface area (Å²) in [5.74, 6) is -0.150. The maximum atomic E-state index is 11.5. The zero-order valence-corrected chi connectivity index (χ0v) is 17.9. The van der Waals surface area contributed by atoms with Gasteiger partial charge in [0.1, 0.15) is 0 Å². The highest BCUT2D eigenvalue weighted by molar-refractivity contribution is 5.89. The maximum Gasteiger partial charge on any atom is 0.336 e. The molecule has 0 radical (unpaired) electrons. The van der Waals surface area contributed by atoms with Crippen molar-refractivity contribution in [3.63, 3.8) is 0 Å². The Morgan fingerprint density at radius 1 is 1.13 bits per heavy atom. The highest BCUT2D eigenvalue weighted by Gasteiger charge is 2.28. The van der Waals surface area contributed by atoms with Crippen molar-refractivity contribution in [1.29, 1.82) is 0 Å². The van der Waals surface area contributed by atoms with Crippen molar-refractivity contribution in [2.24, 2.45) is 0 Å². The average Bonchev–Trinajstić information content (AvgIpc) is 3.64. The average molecular weight is 413 g/mol. The summed E-state index contributed by atoms with van der Waals surface area (Å²) in [6, 6.07) is 17.7. The molecule has 0 saturated heterocycles. The Balaban J connectivity index is 1.42. The highest BCUT2D eigenvalue weighted by Crippen LogP contribution is 2.45. The Bertz CT molecular complexity index is 1120. The molecule has 0 bridgehead atoms. The van der Waals surface area contributed by atoms with Gasteiger partial charge >= 0.3 is 5.97 Å². The molecule has 3 aromatic rings. The molecule has 31 heavy (non-hydrogen) atoms. The number of aryl methyl sites for hydroxylation is 1. The Morgan fingerprint density at radius 2 is 1.97 bits per heavy atom. The maximum absolute atomic E-state index is 11.5. The number of carboxylic acid groups (broad SMARTS) is 1. The van der Waals surface area contributed by atoms with Crippen molar-refractivity contribution in [2.75, 3.05) is 13.6 Å². The van der Waals surface area contributed by atoms with Gasteiger partial charge in [0.25, 0.3) is 0 Å². The van der Waals surface area contributed by atoms with Crippen LogP contribution in [0.15, 0.2) is 60.9 Å². The van der Waals surface area contributed by atoms with Crippen molar-refractivity contribution in [2.45, 2.75) is 44.1 Å². The number of fused-ring (bicyclic) bond motifs is 1. The van der Waals surface area contributed by atoms with Crippen molar-refractivity contribution in [1.82, 2.24) is 9.88 Å². The molecule has 1 aromatic heterocycles. The SMILES string of the molecule is CN1CCc2cc(-c3ccccc3C3CC3)ccc2[C@H]1CCc1cnccc1C(=O)O. The molecule has 4 heteroatoms. The molecule has 4 nitrogen and oxygen atoms in total. The van der Waals surface area contributed by atoms with Crippen LogP contribution < -0.4 is 0 Å². The van der Waals surface area contributed by atoms with Gasteiger partial charge in [-0.2, -0.15) is 0 Å². The van der Waals surface area contributed by atoms with Crippen LogP contribution in [0.4, 0.5) is 0 Å². The lowest BCUT2D eigenvalue weighted by atomic mass is 9.86. The Hall–Kier alpha value is -2.98. The number of carbonyl (C=O) groups is 1. The number of rotatable bonds is 6. The second-order valence-corrected chi connectivity index (χ2v) is 8.90. The van der Waals surface area contributed by atoms with E-state index in [4.69, 9.17) is 0 Å². The van der Waals surface area contributed by atoms with Gasteiger partial charge in [0.2, 0.25) is 0 Å². The number of hydrogen-bond acceptors (Lipinski definition) is 3. The molecule has 1 atom stereocenters. The molecule has 2 aliphatic rings. The van der Waals surface area contributed by atoms with Gasteiger partial charge < -0.3 is 5.11 Å². The minimum absolute atomic E-state index is 0.290. The fraction of sp³-hybridized carbons (Fsp3) is 0.333. The lowest BCUT2D eigenvalue weighted by Crippen LogP contribution is -2.32. The van der Waals surface area contributed by atoms with Gasteiger partial charge in [0, 0.05) is 25.0 Å². The minimum Gasteiger partial charge on any atom is -0.478 e. The summed E-state index contributed by atoms with van der Waals surface area (Å²) in [5.41, 5.74) is 8.17. The first kappa shape index (κ1) is 20.0. The van der Waals surface area contributed by atoms with Crippen molar-refractivity contribution >= 4 is 5.97 Å². The van der Waals surface area contributed by atoms with E-state index in [1.807, 2.05) is 0 Å². The van der Waals surface area contributed by atoms with E-state index >= 15 is 0 Å². The summed E-state index contributed by atoms with van der Waals surface area (Å²) in [7, 11) is 2.17. The number of aromatic nitrogens is 1. The van der Waals surface area contributed by atoms with Gasteiger partial charge in [-0.1, -0.05) is 42.5 Å². The smallest absolute Gasteiger partial charge is 0.336 e. The predicted molar refractivity (Wildman–Crippen MR) is 122 cm³/mol. The van der Waals surface area contributed by atoms with Gasteiger partial charge in [0.15, 0.2) is 0 Å². The summed E-state index contributed by atoms with van der Waals surface area (Å²) in [5, 5.41) is 9.48. The Kier molecular flexibility index (Phi) is 5.33.